The molecule has 0 aliphatic carbocycles. The lowest BCUT2D eigenvalue weighted by atomic mass is 9.75. The molecule has 0 aromatic carbocycles. The summed E-state index contributed by atoms with van der Waals surface area (Å²) in [5, 5.41) is 0. The number of hydrogen-bond donors (Lipinski definition) is 0. The first-order valence-corrected chi connectivity index (χ1v) is 12.1. The zero-order valence-electron chi connectivity index (χ0n) is 17.2. The van der Waals surface area contributed by atoms with Crippen molar-refractivity contribution in [1.82, 2.24) is 14.1 Å². The fourth-order valence-electron chi connectivity index (χ4n) is 4.91. The van der Waals surface area contributed by atoms with Crippen molar-refractivity contribution < 1.29 is 22.7 Å². The van der Waals surface area contributed by atoms with Crippen molar-refractivity contribution >= 4 is 21.8 Å². The maximum Gasteiger partial charge on any atom is 0.230 e. The van der Waals surface area contributed by atoms with E-state index in [4.69, 9.17) is 4.74 Å². The van der Waals surface area contributed by atoms with Crippen LogP contribution in [0, 0.1) is 11.3 Å². The molecule has 3 saturated heterocycles. The van der Waals surface area contributed by atoms with E-state index in [1.807, 2.05) is 23.6 Å². The number of rotatable bonds is 4. The molecule has 3 rings (SSSR count). The lowest BCUT2D eigenvalue weighted by molar-refractivity contribution is -0.148. The number of amides is 2. The summed E-state index contributed by atoms with van der Waals surface area (Å²) in [5.41, 5.74) is -0.743. The predicted octanol–water partition coefficient (Wildman–Crippen LogP) is 0.534. The van der Waals surface area contributed by atoms with Crippen LogP contribution >= 0.6 is 0 Å². The topological polar surface area (TPSA) is 87.2 Å². The van der Waals surface area contributed by atoms with Crippen molar-refractivity contribution in [2.75, 3.05) is 52.2 Å². The third-order valence-corrected chi connectivity index (χ3v) is 7.64. The standard InChI is InChI=1S/C19H33N3O5S/c1-15(2)14-17(23)20-7-4-16-19(5-8-20,6-9-22(16)28(3,25)26)18(24)21-10-12-27-13-11-21/h15-16H,4-14H2,1-3H3/t16-,19+/m0/s1. The maximum atomic E-state index is 13.6. The number of hydrogen-bond acceptors (Lipinski definition) is 5. The second kappa shape index (κ2) is 8.28. The van der Waals surface area contributed by atoms with Gasteiger partial charge in [-0.2, -0.15) is 4.31 Å². The number of carbonyl (C=O) groups is 2. The van der Waals surface area contributed by atoms with Gasteiger partial charge in [0.1, 0.15) is 0 Å². The number of fused-ring (bicyclic) bond motifs is 1. The molecule has 2 amide bonds. The number of carbonyl (C=O) groups excluding carboxylic acids is 2. The van der Waals surface area contributed by atoms with Gasteiger partial charge in [0.05, 0.1) is 24.9 Å². The normalized spacial score (nSPS) is 29.6. The molecule has 3 aliphatic rings. The van der Waals surface area contributed by atoms with Crippen LogP contribution in [0.15, 0.2) is 0 Å². The molecule has 8 nitrogen and oxygen atoms in total. The Morgan fingerprint density at radius 1 is 1.04 bits per heavy atom. The third kappa shape index (κ3) is 4.21. The maximum absolute atomic E-state index is 13.6. The molecule has 9 heteroatoms. The fraction of sp³-hybridized carbons (Fsp3) is 0.895. The Labute approximate surface area is 168 Å². The summed E-state index contributed by atoms with van der Waals surface area (Å²) < 4.78 is 31.7. The molecule has 160 valence electrons. The van der Waals surface area contributed by atoms with Crippen LogP contribution in [0.25, 0.3) is 0 Å². The van der Waals surface area contributed by atoms with E-state index in [1.165, 1.54) is 10.6 Å². The van der Waals surface area contributed by atoms with Gasteiger partial charge in [-0.15, -0.1) is 0 Å². The molecule has 3 fully saturated rings. The molecule has 0 unspecified atom stereocenters. The fourth-order valence-corrected chi connectivity index (χ4v) is 6.10. The van der Waals surface area contributed by atoms with Crippen LogP contribution in [0.2, 0.25) is 0 Å². The van der Waals surface area contributed by atoms with Gasteiger partial charge in [0.25, 0.3) is 0 Å². The van der Waals surface area contributed by atoms with Crippen molar-refractivity contribution in [3.8, 4) is 0 Å². The van der Waals surface area contributed by atoms with Crippen molar-refractivity contribution in [3.05, 3.63) is 0 Å². The highest BCUT2D eigenvalue weighted by Gasteiger charge is 2.57. The Balaban J connectivity index is 1.88. The second-order valence-electron chi connectivity index (χ2n) is 8.72. The molecular formula is C19H33N3O5S. The third-order valence-electron chi connectivity index (χ3n) is 6.35. The van der Waals surface area contributed by atoms with E-state index >= 15 is 0 Å². The van der Waals surface area contributed by atoms with Crippen molar-refractivity contribution in [2.24, 2.45) is 11.3 Å². The second-order valence-corrected chi connectivity index (χ2v) is 10.7. The summed E-state index contributed by atoms with van der Waals surface area (Å²) in [6.45, 7) is 7.53. The number of likely N-dealkylation sites (tertiary alicyclic amines) is 1. The highest BCUT2D eigenvalue weighted by molar-refractivity contribution is 7.88. The summed E-state index contributed by atoms with van der Waals surface area (Å²) in [4.78, 5) is 29.9. The molecule has 0 bridgehead atoms. The zero-order valence-corrected chi connectivity index (χ0v) is 18.0. The number of morpholine rings is 1. The van der Waals surface area contributed by atoms with Crippen LogP contribution in [0.4, 0.5) is 0 Å². The average Bonchev–Trinajstić information content (AvgIpc) is 2.91. The van der Waals surface area contributed by atoms with Gasteiger partial charge in [-0.3, -0.25) is 9.59 Å². The quantitative estimate of drug-likeness (QED) is 0.669. The van der Waals surface area contributed by atoms with Crippen LogP contribution in [0.1, 0.15) is 39.5 Å². The Morgan fingerprint density at radius 3 is 2.29 bits per heavy atom. The van der Waals surface area contributed by atoms with E-state index < -0.39 is 15.4 Å². The van der Waals surface area contributed by atoms with E-state index in [0.29, 0.717) is 71.6 Å². The summed E-state index contributed by atoms with van der Waals surface area (Å²) >= 11 is 0. The van der Waals surface area contributed by atoms with Crippen molar-refractivity contribution in [1.29, 1.82) is 0 Å². The largest absolute Gasteiger partial charge is 0.378 e. The highest BCUT2D eigenvalue weighted by Crippen LogP contribution is 2.46. The molecule has 3 aliphatic heterocycles. The minimum absolute atomic E-state index is 0.0325. The molecule has 0 aromatic rings. The van der Waals surface area contributed by atoms with Crippen molar-refractivity contribution in [3.63, 3.8) is 0 Å². The van der Waals surface area contributed by atoms with Crippen LogP contribution in [0.3, 0.4) is 0 Å². The SMILES string of the molecule is CC(C)CC(=O)N1CC[C@@H]2N(S(C)(=O)=O)CC[C@]2(C(=O)N2CCOCC2)CC1. The monoisotopic (exact) mass is 415 g/mol. The summed E-state index contributed by atoms with van der Waals surface area (Å²) in [6.07, 6.45) is 3.24. The molecule has 0 N–H and O–H groups in total. The van der Waals surface area contributed by atoms with Gasteiger partial charge in [0.2, 0.25) is 21.8 Å². The van der Waals surface area contributed by atoms with Gasteiger partial charge in [-0.1, -0.05) is 13.8 Å². The molecule has 0 radical (unpaired) electrons. The van der Waals surface area contributed by atoms with Gasteiger partial charge in [0.15, 0.2) is 0 Å². The molecule has 0 spiro atoms. The number of sulfonamides is 1. The number of ether oxygens (including phenoxy) is 1. The molecular weight excluding hydrogens is 382 g/mol. The Morgan fingerprint density at radius 2 is 1.68 bits per heavy atom. The predicted molar refractivity (Wildman–Crippen MR) is 105 cm³/mol. The molecule has 3 heterocycles. The Kier molecular flexibility index (Phi) is 6.36. The molecule has 2 atom stereocenters. The van der Waals surface area contributed by atoms with E-state index in [-0.39, 0.29) is 23.8 Å². The van der Waals surface area contributed by atoms with E-state index in [9.17, 15) is 18.0 Å². The zero-order chi connectivity index (χ0) is 20.5. The van der Waals surface area contributed by atoms with Crippen LogP contribution in [-0.2, 0) is 24.3 Å². The van der Waals surface area contributed by atoms with Gasteiger partial charge in [-0.25, -0.2) is 8.42 Å². The summed E-state index contributed by atoms with van der Waals surface area (Å²) in [6, 6.07) is -0.380. The first-order chi connectivity index (χ1) is 13.1. The van der Waals surface area contributed by atoms with Gasteiger partial charge in [0, 0.05) is 45.2 Å². The lowest BCUT2D eigenvalue weighted by Crippen LogP contribution is -2.54. The minimum Gasteiger partial charge on any atom is -0.378 e. The van der Waals surface area contributed by atoms with Crippen LogP contribution in [-0.4, -0.2) is 92.6 Å². The molecule has 0 aromatic heterocycles. The van der Waals surface area contributed by atoms with Crippen molar-refractivity contribution in [2.45, 2.75) is 45.6 Å². The molecule has 0 saturated carbocycles. The van der Waals surface area contributed by atoms with E-state index in [0.717, 1.165) is 0 Å². The highest BCUT2D eigenvalue weighted by atomic mass is 32.2. The van der Waals surface area contributed by atoms with Gasteiger partial charge < -0.3 is 14.5 Å². The summed E-state index contributed by atoms with van der Waals surface area (Å²) in [5.74, 6) is 0.395. The van der Waals surface area contributed by atoms with Crippen LogP contribution < -0.4 is 0 Å². The Hall–Kier alpha value is -1.19. The summed E-state index contributed by atoms with van der Waals surface area (Å²) in [7, 11) is -3.41. The smallest absolute Gasteiger partial charge is 0.230 e. The van der Waals surface area contributed by atoms with E-state index in [1.54, 1.807) is 0 Å². The average molecular weight is 416 g/mol. The number of nitrogens with zero attached hydrogens (tertiary/aromatic N) is 3. The van der Waals surface area contributed by atoms with Crippen LogP contribution in [0.5, 0.6) is 0 Å². The minimum atomic E-state index is -3.41. The van der Waals surface area contributed by atoms with Gasteiger partial charge in [-0.05, 0) is 25.2 Å². The first kappa shape index (κ1) is 21.5. The Bertz CT molecular complexity index is 704. The molecule has 28 heavy (non-hydrogen) atoms. The van der Waals surface area contributed by atoms with E-state index in [2.05, 4.69) is 0 Å². The lowest BCUT2D eigenvalue weighted by Gasteiger charge is -2.39. The van der Waals surface area contributed by atoms with Gasteiger partial charge >= 0.3 is 0 Å². The first-order valence-electron chi connectivity index (χ1n) is 10.3.